The van der Waals surface area contributed by atoms with Gasteiger partial charge in [-0.05, 0) is 18.6 Å². The molecule has 0 radical (unpaired) electrons. The predicted octanol–water partition coefficient (Wildman–Crippen LogP) is 1.36. The molecule has 0 aliphatic heterocycles. The number of nitrogens with two attached hydrogens (primary N) is 1. The molecular weight excluding hydrogens is 216 g/mol. The van der Waals surface area contributed by atoms with Crippen molar-refractivity contribution < 1.29 is 0 Å². The fourth-order valence-corrected chi connectivity index (χ4v) is 1.82. The van der Waals surface area contributed by atoms with Gasteiger partial charge in [0.1, 0.15) is 0 Å². The molecule has 0 amide bonds. The third kappa shape index (κ3) is 2.29. The molecule has 90 valence electrons. The summed E-state index contributed by atoms with van der Waals surface area (Å²) in [7, 11) is 0. The van der Waals surface area contributed by atoms with Crippen molar-refractivity contribution in [3.63, 3.8) is 0 Å². The molecule has 1 atom stereocenters. The van der Waals surface area contributed by atoms with Gasteiger partial charge in [-0.3, -0.25) is 0 Å². The summed E-state index contributed by atoms with van der Waals surface area (Å²) in [5, 5.41) is 6.46. The third-order valence-corrected chi connectivity index (χ3v) is 2.64. The Kier molecular flexibility index (Phi) is 3.39. The van der Waals surface area contributed by atoms with Gasteiger partial charge in [0.2, 0.25) is 0 Å². The molecule has 1 heterocycles. The average molecular weight is 232 g/mol. The average Bonchev–Trinajstić information content (AvgIpc) is 2.73. The highest BCUT2D eigenvalue weighted by atomic mass is 16.1. The Hall–Kier alpha value is -1.88. The zero-order valence-electron chi connectivity index (χ0n) is 9.76. The standard InChI is InChI=1S/C12H16N4O/c1-2-6-10(13)11-14-15-12(17)16(11)9-7-4-3-5-8-9/h3-5,7-8,10H,2,6,13H2,1H3,(H,15,17). The molecule has 0 aliphatic carbocycles. The van der Waals surface area contributed by atoms with E-state index >= 15 is 0 Å². The van der Waals surface area contributed by atoms with Crippen LogP contribution in [0.15, 0.2) is 35.1 Å². The van der Waals surface area contributed by atoms with Crippen molar-refractivity contribution in [3.05, 3.63) is 46.6 Å². The van der Waals surface area contributed by atoms with Crippen LogP contribution in [0.1, 0.15) is 31.6 Å². The zero-order chi connectivity index (χ0) is 12.3. The maximum absolute atomic E-state index is 11.7. The van der Waals surface area contributed by atoms with Crippen LogP contribution in [0.5, 0.6) is 0 Å². The summed E-state index contributed by atoms with van der Waals surface area (Å²) in [4.78, 5) is 11.7. The van der Waals surface area contributed by atoms with Gasteiger partial charge >= 0.3 is 5.69 Å². The van der Waals surface area contributed by atoms with E-state index in [0.717, 1.165) is 18.5 Å². The molecule has 2 aromatic rings. The number of aromatic amines is 1. The first kappa shape index (κ1) is 11.6. The van der Waals surface area contributed by atoms with Gasteiger partial charge in [-0.2, -0.15) is 5.10 Å². The van der Waals surface area contributed by atoms with E-state index in [9.17, 15) is 4.79 Å². The Balaban J connectivity index is 2.47. The SMILES string of the molecule is CCCC(N)c1n[nH]c(=O)n1-c1ccccc1. The molecular formula is C12H16N4O. The molecule has 0 spiro atoms. The fourth-order valence-electron chi connectivity index (χ4n) is 1.82. The third-order valence-electron chi connectivity index (χ3n) is 2.64. The lowest BCUT2D eigenvalue weighted by Gasteiger charge is -2.11. The van der Waals surface area contributed by atoms with Gasteiger partial charge in [-0.1, -0.05) is 31.5 Å². The van der Waals surface area contributed by atoms with Crippen LogP contribution in [-0.2, 0) is 0 Å². The smallest absolute Gasteiger partial charge is 0.321 e. The van der Waals surface area contributed by atoms with Gasteiger partial charge in [0.25, 0.3) is 0 Å². The Morgan fingerprint density at radius 2 is 2.12 bits per heavy atom. The highest BCUT2D eigenvalue weighted by Crippen LogP contribution is 2.15. The Bertz CT molecular complexity index is 529. The van der Waals surface area contributed by atoms with Crippen molar-refractivity contribution in [2.24, 2.45) is 5.73 Å². The molecule has 0 saturated heterocycles. The number of hydrogen-bond acceptors (Lipinski definition) is 3. The van der Waals surface area contributed by atoms with Crippen molar-refractivity contribution >= 4 is 0 Å². The molecule has 17 heavy (non-hydrogen) atoms. The number of aromatic nitrogens is 3. The van der Waals surface area contributed by atoms with Crippen LogP contribution < -0.4 is 11.4 Å². The number of nitrogens with one attached hydrogen (secondary N) is 1. The lowest BCUT2D eigenvalue weighted by atomic mass is 10.1. The number of benzene rings is 1. The van der Waals surface area contributed by atoms with Crippen molar-refractivity contribution in [1.29, 1.82) is 0 Å². The summed E-state index contributed by atoms with van der Waals surface area (Å²) in [6.07, 6.45) is 1.76. The van der Waals surface area contributed by atoms with Gasteiger partial charge < -0.3 is 5.73 Å². The summed E-state index contributed by atoms with van der Waals surface area (Å²) < 4.78 is 1.53. The van der Waals surface area contributed by atoms with Crippen LogP contribution in [0.25, 0.3) is 5.69 Å². The van der Waals surface area contributed by atoms with E-state index in [4.69, 9.17) is 5.73 Å². The maximum Gasteiger partial charge on any atom is 0.347 e. The van der Waals surface area contributed by atoms with Crippen LogP contribution in [0, 0.1) is 0 Å². The number of para-hydroxylation sites is 1. The molecule has 5 nitrogen and oxygen atoms in total. The molecule has 1 aromatic carbocycles. The summed E-state index contributed by atoms with van der Waals surface area (Å²) >= 11 is 0. The van der Waals surface area contributed by atoms with Crippen molar-refractivity contribution in [3.8, 4) is 5.69 Å². The topological polar surface area (TPSA) is 76.7 Å². The van der Waals surface area contributed by atoms with Crippen LogP contribution in [-0.4, -0.2) is 14.8 Å². The van der Waals surface area contributed by atoms with E-state index in [1.807, 2.05) is 30.3 Å². The molecule has 0 bridgehead atoms. The predicted molar refractivity (Wildman–Crippen MR) is 66.0 cm³/mol. The molecule has 0 saturated carbocycles. The van der Waals surface area contributed by atoms with Crippen LogP contribution in [0.4, 0.5) is 0 Å². The summed E-state index contributed by atoms with van der Waals surface area (Å²) in [5.41, 5.74) is 6.55. The molecule has 0 fully saturated rings. The van der Waals surface area contributed by atoms with Gasteiger partial charge in [0.15, 0.2) is 5.82 Å². The van der Waals surface area contributed by atoms with Crippen LogP contribution in [0.3, 0.4) is 0 Å². The summed E-state index contributed by atoms with van der Waals surface area (Å²) in [6.45, 7) is 2.05. The molecule has 1 aromatic heterocycles. The van der Waals surface area contributed by atoms with E-state index in [1.54, 1.807) is 0 Å². The monoisotopic (exact) mass is 232 g/mol. The first-order chi connectivity index (χ1) is 8.24. The van der Waals surface area contributed by atoms with Gasteiger partial charge in [-0.25, -0.2) is 14.5 Å². The number of rotatable bonds is 4. The summed E-state index contributed by atoms with van der Waals surface area (Å²) in [6, 6.07) is 9.16. The minimum Gasteiger partial charge on any atom is -0.321 e. The zero-order valence-corrected chi connectivity index (χ0v) is 9.76. The molecule has 2 rings (SSSR count). The Labute approximate surface area is 99.3 Å². The normalized spacial score (nSPS) is 12.6. The molecule has 1 unspecified atom stereocenters. The highest BCUT2D eigenvalue weighted by molar-refractivity contribution is 5.32. The van der Waals surface area contributed by atoms with Crippen LogP contribution in [0.2, 0.25) is 0 Å². The van der Waals surface area contributed by atoms with Crippen molar-refractivity contribution in [2.75, 3.05) is 0 Å². The highest BCUT2D eigenvalue weighted by Gasteiger charge is 2.16. The molecule has 5 heteroatoms. The largest absolute Gasteiger partial charge is 0.347 e. The molecule has 0 aliphatic rings. The van der Waals surface area contributed by atoms with Gasteiger partial charge in [0, 0.05) is 0 Å². The lowest BCUT2D eigenvalue weighted by molar-refractivity contribution is 0.589. The number of nitrogens with zero attached hydrogens (tertiary/aromatic N) is 2. The van der Waals surface area contributed by atoms with Crippen molar-refractivity contribution in [2.45, 2.75) is 25.8 Å². The second-order valence-electron chi connectivity index (χ2n) is 3.95. The minimum absolute atomic E-state index is 0.223. The van der Waals surface area contributed by atoms with Gasteiger partial charge in [0.05, 0.1) is 11.7 Å². The quantitative estimate of drug-likeness (QED) is 0.835. The maximum atomic E-state index is 11.7. The van der Waals surface area contributed by atoms with E-state index < -0.39 is 0 Å². The second kappa shape index (κ2) is 4.97. The number of hydrogen-bond donors (Lipinski definition) is 2. The van der Waals surface area contributed by atoms with E-state index in [2.05, 4.69) is 17.1 Å². The summed E-state index contributed by atoms with van der Waals surface area (Å²) in [5.74, 6) is 0.586. The van der Waals surface area contributed by atoms with E-state index in [-0.39, 0.29) is 11.7 Å². The fraction of sp³-hybridized carbons (Fsp3) is 0.333. The molecule has 3 N–H and O–H groups in total. The Morgan fingerprint density at radius 3 is 2.76 bits per heavy atom. The van der Waals surface area contributed by atoms with Crippen molar-refractivity contribution in [1.82, 2.24) is 14.8 Å². The Morgan fingerprint density at radius 1 is 1.41 bits per heavy atom. The van der Waals surface area contributed by atoms with E-state index in [0.29, 0.717) is 5.82 Å². The van der Waals surface area contributed by atoms with E-state index in [1.165, 1.54) is 4.57 Å². The first-order valence-corrected chi connectivity index (χ1v) is 5.72. The lowest BCUT2D eigenvalue weighted by Crippen LogP contribution is -2.21. The number of H-pyrrole nitrogens is 1. The van der Waals surface area contributed by atoms with Crippen LogP contribution >= 0.6 is 0 Å². The second-order valence-corrected chi connectivity index (χ2v) is 3.95. The van der Waals surface area contributed by atoms with Gasteiger partial charge in [-0.15, -0.1) is 0 Å². The first-order valence-electron chi connectivity index (χ1n) is 5.72. The minimum atomic E-state index is -0.252.